The first-order chi connectivity index (χ1) is 11.6. The fraction of sp³-hybridized carbons (Fsp3) is 0.0500. The Kier molecular flexibility index (Phi) is 4.82. The molecule has 3 aromatic rings. The van der Waals surface area contributed by atoms with Crippen molar-refractivity contribution in [1.82, 2.24) is 0 Å². The Balaban J connectivity index is 1.66. The zero-order chi connectivity index (χ0) is 16.9. The standard InChI is InChI=1S/C20H17ClN2O/c1-14-13-17(21)9-12-19(14)23-20(24)22-18-10-7-16(8-11-18)15-5-3-2-4-6-15/h2-13H,1H3,(H2,22,23,24). The third-order valence-corrected chi connectivity index (χ3v) is 3.92. The van der Waals surface area contributed by atoms with Crippen molar-refractivity contribution >= 4 is 29.0 Å². The molecule has 0 aromatic heterocycles. The predicted molar refractivity (Wildman–Crippen MR) is 101 cm³/mol. The van der Waals surface area contributed by atoms with E-state index in [4.69, 9.17) is 11.6 Å². The molecule has 3 rings (SSSR count). The molecule has 0 bridgehead atoms. The number of benzene rings is 3. The van der Waals surface area contributed by atoms with E-state index in [0.717, 1.165) is 28.1 Å². The first-order valence-electron chi connectivity index (χ1n) is 7.61. The number of amides is 2. The van der Waals surface area contributed by atoms with Crippen LogP contribution < -0.4 is 10.6 Å². The van der Waals surface area contributed by atoms with Crippen LogP contribution in [0.25, 0.3) is 11.1 Å². The second-order valence-electron chi connectivity index (χ2n) is 5.48. The highest BCUT2D eigenvalue weighted by atomic mass is 35.5. The summed E-state index contributed by atoms with van der Waals surface area (Å²) in [6.07, 6.45) is 0. The third-order valence-electron chi connectivity index (χ3n) is 3.69. The third kappa shape index (κ3) is 3.94. The van der Waals surface area contributed by atoms with Crippen LogP contribution in [0.2, 0.25) is 5.02 Å². The van der Waals surface area contributed by atoms with Crippen molar-refractivity contribution < 1.29 is 4.79 Å². The number of aryl methyl sites for hydroxylation is 1. The van der Waals surface area contributed by atoms with E-state index in [9.17, 15) is 4.79 Å². The zero-order valence-electron chi connectivity index (χ0n) is 13.2. The summed E-state index contributed by atoms with van der Waals surface area (Å²) in [5, 5.41) is 6.30. The number of rotatable bonds is 3. The van der Waals surface area contributed by atoms with E-state index in [-0.39, 0.29) is 6.03 Å². The maximum atomic E-state index is 12.1. The number of nitrogens with one attached hydrogen (secondary N) is 2. The SMILES string of the molecule is Cc1cc(Cl)ccc1NC(=O)Nc1ccc(-c2ccccc2)cc1. The average molecular weight is 337 g/mol. The molecule has 4 heteroatoms. The molecule has 0 saturated carbocycles. The zero-order valence-corrected chi connectivity index (χ0v) is 14.0. The van der Waals surface area contributed by atoms with Crippen LogP contribution in [-0.2, 0) is 0 Å². The highest BCUT2D eigenvalue weighted by Crippen LogP contribution is 2.22. The lowest BCUT2D eigenvalue weighted by molar-refractivity contribution is 0.262. The fourth-order valence-electron chi connectivity index (χ4n) is 2.43. The highest BCUT2D eigenvalue weighted by Gasteiger charge is 2.06. The molecule has 3 nitrogen and oxygen atoms in total. The first-order valence-corrected chi connectivity index (χ1v) is 7.99. The predicted octanol–water partition coefficient (Wildman–Crippen LogP) is 5.96. The van der Waals surface area contributed by atoms with Crippen LogP contribution in [0.5, 0.6) is 0 Å². The van der Waals surface area contributed by atoms with E-state index in [1.807, 2.05) is 55.5 Å². The Morgan fingerprint density at radius 2 is 1.50 bits per heavy atom. The van der Waals surface area contributed by atoms with Gasteiger partial charge in [-0.25, -0.2) is 4.79 Å². The number of urea groups is 1. The number of anilines is 2. The average Bonchev–Trinajstić information content (AvgIpc) is 2.59. The summed E-state index contributed by atoms with van der Waals surface area (Å²) in [4.78, 5) is 12.1. The molecule has 0 unspecified atom stereocenters. The van der Waals surface area contributed by atoms with Gasteiger partial charge in [-0.2, -0.15) is 0 Å². The Morgan fingerprint density at radius 3 is 2.17 bits per heavy atom. The van der Waals surface area contributed by atoms with Gasteiger partial charge < -0.3 is 10.6 Å². The van der Waals surface area contributed by atoms with E-state index in [1.54, 1.807) is 12.1 Å². The minimum atomic E-state index is -0.284. The first kappa shape index (κ1) is 16.1. The molecule has 0 saturated heterocycles. The molecular formula is C20H17ClN2O. The molecule has 0 aliphatic carbocycles. The molecule has 24 heavy (non-hydrogen) atoms. The molecule has 3 aromatic carbocycles. The van der Waals surface area contributed by atoms with E-state index < -0.39 is 0 Å². The number of carbonyl (C=O) groups is 1. The van der Waals surface area contributed by atoms with Gasteiger partial charge in [-0.3, -0.25) is 0 Å². The molecule has 0 spiro atoms. The summed E-state index contributed by atoms with van der Waals surface area (Å²) in [6.45, 7) is 1.90. The Hall–Kier alpha value is -2.78. The molecule has 2 N–H and O–H groups in total. The molecule has 0 aliphatic rings. The smallest absolute Gasteiger partial charge is 0.308 e. The van der Waals surface area contributed by atoms with Crippen LogP contribution in [0.1, 0.15) is 5.56 Å². The van der Waals surface area contributed by atoms with Gasteiger partial charge in [-0.1, -0.05) is 54.1 Å². The minimum Gasteiger partial charge on any atom is -0.308 e. The fourth-order valence-corrected chi connectivity index (χ4v) is 2.66. The van der Waals surface area contributed by atoms with Crippen LogP contribution >= 0.6 is 11.6 Å². The molecule has 0 atom stereocenters. The summed E-state index contributed by atoms with van der Waals surface area (Å²) >= 11 is 5.92. The number of halogens is 1. The lowest BCUT2D eigenvalue weighted by Crippen LogP contribution is -2.19. The van der Waals surface area contributed by atoms with E-state index in [1.165, 1.54) is 0 Å². The molecule has 0 aliphatic heterocycles. The molecule has 0 heterocycles. The van der Waals surface area contributed by atoms with Crippen LogP contribution in [0, 0.1) is 6.92 Å². The van der Waals surface area contributed by atoms with Crippen molar-refractivity contribution in [2.45, 2.75) is 6.92 Å². The summed E-state index contributed by atoms with van der Waals surface area (Å²) in [5.41, 5.74) is 4.63. The molecule has 120 valence electrons. The molecular weight excluding hydrogens is 320 g/mol. The van der Waals surface area contributed by atoms with E-state index >= 15 is 0 Å². The monoisotopic (exact) mass is 336 g/mol. The second-order valence-corrected chi connectivity index (χ2v) is 5.92. The van der Waals surface area contributed by atoms with Gasteiger partial charge in [0, 0.05) is 16.4 Å². The van der Waals surface area contributed by atoms with Gasteiger partial charge in [0.2, 0.25) is 0 Å². The van der Waals surface area contributed by atoms with Crippen LogP contribution in [0.15, 0.2) is 72.8 Å². The summed E-state index contributed by atoms with van der Waals surface area (Å²) < 4.78 is 0. The van der Waals surface area contributed by atoms with Gasteiger partial charge in [0.25, 0.3) is 0 Å². The molecule has 0 radical (unpaired) electrons. The number of carbonyl (C=O) groups excluding carboxylic acids is 1. The lowest BCUT2D eigenvalue weighted by atomic mass is 10.1. The van der Waals surface area contributed by atoms with Gasteiger partial charge >= 0.3 is 6.03 Å². The maximum Gasteiger partial charge on any atom is 0.323 e. The van der Waals surface area contributed by atoms with E-state index in [0.29, 0.717) is 5.02 Å². The van der Waals surface area contributed by atoms with Crippen molar-refractivity contribution in [2.24, 2.45) is 0 Å². The highest BCUT2D eigenvalue weighted by molar-refractivity contribution is 6.30. The van der Waals surface area contributed by atoms with Gasteiger partial charge in [-0.05, 0) is 53.9 Å². The Morgan fingerprint density at radius 1 is 0.833 bits per heavy atom. The van der Waals surface area contributed by atoms with Crippen molar-refractivity contribution in [1.29, 1.82) is 0 Å². The van der Waals surface area contributed by atoms with Gasteiger partial charge in [0.1, 0.15) is 0 Å². The number of hydrogen-bond acceptors (Lipinski definition) is 1. The normalized spacial score (nSPS) is 10.2. The maximum absolute atomic E-state index is 12.1. The Bertz CT molecular complexity index is 845. The minimum absolute atomic E-state index is 0.284. The summed E-state index contributed by atoms with van der Waals surface area (Å²) in [6, 6.07) is 22.9. The van der Waals surface area contributed by atoms with Gasteiger partial charge in [-0.15, -0.1) is 0 Å². The van der Waals surface area contributed by atoms with Crippen LogP contribution in [-0.4, -0.2) is 6.03 Å². The van der Waals surface area contributed by atoms with Crippen molar-refractivity contribution in [3.05, 3.63) is 83.4 Å². The van der Waals surface area contributed by atoms with Crippen molar-refractivity contribution in [3.63, 3.8) is 0 Å². The molecule has 0 fully saturated rings. The lowest BCUT2D eigenvalue weighted by Gasteiger charge is -2.10. The summed E-state index contributed by atoms with van der Waals surface area (Å²) in [5.74, 6) is 0. The van der Waals surface area contributed by atoms with Crippen LogP contribution in [0.4, 0.5) is 16.2 Å². The summed E-state index contributed by atoms with van der Waals surface area (Å²) in [7, 11) is 0. The topological polar surface area (TPSA) is 41.1 Å². The van der Waals surface area contributed by atoms with Crippen LogP contribution in [0.3, 0.4) is 0 Å². The van der Waals surface area contributed by atoms with Crippen molar-refractivity contribution in [3.8, 4) is 11.1 Å². The second kappa shape index (κ2) is 7.20. The largest absolute Gasteiger partial charge is 0.323 e. The molecule has 2 amide bonds. The van der Waals surface area contributed by atoms with Crippen molar-refractivity contribution in [2.75, 3.05) is 10.6 Å². The quantitative estimate of drug-likeness (QED) is 0.608. The van der Waals surface area contributed by atoms with Gasteiger partial charge in [0.15, 0.2) is 0 Å². The Labute approximate surface area is 146 Å². The number of hydrogen-bond donors (Lipinski definition) is 2. The van der Waals surface area contributed by atoms with E-state index in [2.05, 4.69) is 22.8 Å². The van der Waals surface area contributed by atoms with Gasteiger partial charge in [0.05, 0.1) is 0 Å².